The van der Waals surface area contributed by atoms with Crippen LogP contribution in [0.5, 0.6) is 0 Å². The fourth-order valence-corrected chi connectivity index (χ4v) is 1.43. The Kier molecular flexibility index (Phi) is 6.40. The highest BCUT2D eigenvalue weighted by atomic mass is 16.3. The van der Waals surface area contributed by atoms with Gasteiger partial charge in [0.05, 0.1) is 12.8 Å². The van der Waals surface area contributed by atoms with Crippen molar-refractivity contribution < 1.29 is 9.21 Å². The Hall–Kier alpha value is -1.29. The molecular weight excluding hydrogens is 216 g/mol. The van der Waals surface area contributed by atoms with Crippen molar-refractivity contribution in [3.63, 3.8) is 0 Å². The van der Waals surface area contributed by atoms with Crippen LogP contribution >= 0.6 is 0 Å². The number of carbonyl (C=O) groups is 1. The lowest BCUT2D eigenvalue weighted by atomic mass is 10.1. The van der Waals surface area contributed by atoms with Gasteiger partial charge in [0.2, 0.25) is 5.91 Å². The largest absolute Gasteiger partial charge is 0.469 e. The molecule has 0 radical (unpaired) electrons. The molecule has 0 fully saturated rings. The van der Waals surface area contributed by atoms with Crippen LogP contribution in [0.1, 0.15) is 26.0 Å². The Balaban J connectivity index is 1.97. The maximum absolute atomic E-state index is 11.4. The molecule has 4 heteroatoms. The molecule has 0 aliphatic heterocycles. The lowest BCUT2D eigenvalue weighted by Crippen LogP contribution is -2.35. The molecule has 1 rings (SSSR count). The van der Waals surface area contributed by atoms with Gasteiger partial charge in [0.25, 0.3) is 0 Å². The maximum Gasteiger partial charge on any atom is 0.233 e. The molecule has 0 aliphatic carbocycles. The van der Waals surface area contributed by atoms with E-state index >= 15 is 0 Å². The Morgan fingerprint density at radius 1 is 1.41 bits per heavy atom. The van der Waals surface area contributed by atoms with Gasteiger partial charge in [-0.1, -0.05) is 13.8 Å². The van der Waals surface area contributed by atoms with Crippen molar-refractivity contribution in [1.29, 1.82) is 0 Å². The third-order valence-corrected chi connectivity index (χ3v) is 2.46. The molecule has 1 amide bonds. The highest BCUT2D eigenvalue weighted by Gasteiger charge is 2.01. The normalized spacial score (nSPS) is 10.8. The fourth-order valence-electron chi connectivity index (χ4n) is 1.43. The van der Waals surface area contributed by atoms with Gasteiger partial charge in [0.15, 0.2) is 0 Å². The summed E-state index contributed by atoms with van der Waals surface area (Å²) in [5, 5.41) is 5.97. The Labute approximate surface area is 103 Å². The topological polar surface area (TPSA) is 54.3 Å². The first-order chi connectivity index (χ1) is 8.18. The maximum atomic E-state index is 11.4. The van der Waals surface area contributed by atoms with E-state index in [1.807, 2.05) is 12.1 Å². The van der Waals surface area contributed by atoms with Gasteiger partial charge in [-0.05, 0) is 24.5 Å². The first-order valence-corrected chi connectivity index (χ1v) is 6.18. The molecule has 0 aromatic carbocycles. The number of hydrogen-bond acceptors (Lipinski definition) is 3. The average molecular weight is 238 g/mol. The summed E-state index contributed by atoms with van der Waals surface area (Å²) in [7, 11) is 0. The first kappa shape index (κ1) is 13.8. The average Bonchev–Trinajstić information content (AvgIpc) is 2.76. The van der Waals surface area contributed by atoms with Crippen LogP contribution < -0.4 is 10.6 Å². The molecule has 0 aliphatic rings. The van der Waals surface area contributed by atoms with Crippen LogP contribution in [-0.4, -0.2) is 25.5 Å². The molecule has 1 heterocycles. The molecule has 2 N–H and O–H groups in total. The zero-order valence-electron chi connectivity index (χ0n) is 10.7. The minimum absolute atomic E-state index is 0.0603. The zero-order valence-corrected chi connectivity index (χ0v) is 10.7. The minimum atomic E-state index is 0.0603. The molecule has 4 nitrogen and oxygen atoms in total. The van der Waals surface area contributed by atoms with Crippen LogP contribution in [0, 0.1) is 5.92 Å². The SMILES string of the molecule is CC(C)CCNC(=O)CNCCc1ccco1. The van der Waals surface area contributed by atoms with Crippen LogP contribution in [0.3, 0.4) is 0 Å². The van der Waals surface area contributed by atoms with E-state index < -0.39 is 0 Å². The second-order valence-electron chi connectivity index (χ2n) is 4.54. The lowest BCUT2D eigenvalue weighted by Gasteiger charge is -2.07. The standard InChI is InChI=1S/C13H22N2O2/c1-11(2)5-8-15-13(16)10-14-7-6-12-4-3-9-17-12/h3-4,9,11,14H,5-8,10H2,1-2H3,(H,15,16). The van der Waals surface area contributed by atoms with Crippen LogP contribution in [0.15, 0.2) is 22.8 Å². The summed E-state index contributed by atoms with van der Waals surface area (Å²) in [5.74, 6) is 1.63. The number of rotatable bonds is 8. The van der Waals surface area contributed by atoms with E-state index in [1.54, 1.807) is 6.26 Å². The van der Waals surface area contributed by atoms with Gasteiger partial charge in [-0.25, -0.2) is 0 Å². The van der Waals surface area contributed by atoms with Gasteiger partial charge in [0.1, 0.15) is 5.76 Å². The number of hydrogen-bond donors (Lipinski definition) is 2. The number of nitrogens with one attached hydrogen (secondary N) is 2. The van der Waals surface area contributed by atoms with Gasteiger partial charge in [-0.3, -0.25) is 4.79 Å². The minimum Gasteiger partial charge on any atom is -0.469 e. The van der Waals surface area contributed by atoms with E-state index in [1.165, 1.54) is 0 Å². The van der Waals surface area contributed by atoms with Gasteiger partial charge >= 0.3 is 0 Å². The van der Waals surface area contributed by atoms with Crippen molar-refractivity contribution in [2.75, 3.05) is 19.6 Å². The molecule has 17 heavy (non-hydrogen) atoms. The summed E-state index contributed by atoms with van der Waals surface area (Å²) >= 11 is 0. The predicted octanol–water partition coefficient (Wildman–Crippen LogP) is 1.57. The second-order valence-corrected chi connectivity index (χ2v) is 4.54. The van der Waals surface area contributed by atoms with Crippen molar-refractivity contribution >= 4 is 5.91 Å². The Morgan fingerprint density at radius 3 is 2.88 bits per heavy atom. The predicted molar refractivity (Wildman–Crippen MR) is 67.7 cm³/mol. The van der Waals surface area contributed by atoms with E-state index in [0.29, 0.717) is 12.5 Å². The van der Waals surface area contributed by atoms with Crippen LogP contribution in [0.2, 0.25) is 0 Å². The summed E-state index contributed by atoms with van der Waals surface area (Å²) in [5.41, 5.74) is 0. The molecule has 0 atom stereocenters. The summed E-state index contributed by atoms with van der Waals surface area (Å²) in [6.07, 6.45) is 3.50. The highest BCUT2D eigenvalue weighted by molar-refractivity contribution is 5.77. The molecule has 1 aromatic rings. The summed E-state index contributed by atoms with van der Waals surface area (Å²) in [6, 6.07) is 3.80. The molecular formula is C13H22N2O2. The monoisotopic (exact) mass is 238 g/mol. The molecule has 96 valence electrons. The van der Waals surface area contributed by atoms with E-state index in [4.69, 9.17) is 4.42 Å². The summed E-state index contributed by atoms with van der Waals surface area (Å²) < 4.78 is 5.19. The zero-order chi connectivity index (χ0) is 12.5. The van der Waals surface area contributed by atoms with E-state index in [-0.39, 0.29) is 5.91 Å². The molecule has 0 saturated carbocycles. The van der Waals surface area contributed by atoms with E-state index in [2.05, 4.69) is 24.5 Å². The number of furan rings is 1. The number of carbonyl (C=O) groups excluding carboxylic acids is 1. The lowest BCUT2D eigenvalue weighted by molar-refractivity contribution is -0.120. The van der Waals surface area contributed by atoms with Gasteiger partial charge in [-0.15, -0.1) is 0 Å². The fraction of sp³-hybridized carbons (Fsp3) is 0.615. The van der Waals surface area contributed by atoms with Crippen molar-refractivity contribution in [3.05, 3.63) is 24.2 Å². The summed E-state index contributed by atoms with van der Waals surface area (Å²) in [6.45, 7) is 6.18. The second kappa shape index (κ2) is 7.90. The Morgan fingerprint density at radius 2 is 2.24 bits per heavy atom. The first-order valence-electron chi connectivity index (χ1n) is 6.18. The van der Waals surface area contributed by atoms with Gasteiger partial charge in [0, 0.05) is 19.5 Å². The van der Waals surface area contributed by atoms with Crippen LogP contribution in [0.25, 0.3) is 0 Å². The van der Waals surface area contributed by atoms with Crippen molar-refractivity contribution in [2.45, 2.75) is 26.7 Å². The summed E-state index contributed by atoms with van der Waals surface area (Å²) in [4.78, 5) is 11.4. The number of amides is 1. The van der Waals surface area contributed by atoms with Crippen molar-refractivity contribution in [2.24, 2.45) is 5.92 Å². The van der Waals surface area contributed by atoms with Crippen LogP contribution in [-0.2, 0) is 11.2 Å². The molecule has 0 unspecified atom stereocenters. The molecule has 0 spiro atoms. The van der Waals surface area contributed by atoms with E-state index in [9.17, 15) is 4.79 Å². The van der Waals surface area contributed by atoms with Gasteiger partial charge < -0.3 is 15.1 Å². The third-order valence-electron chi connectivity index (χ3n) is 2.46. The van der Waals surface area contributed by atoms with Crippen molar-refractivity contribution in [1.82, 2.24) is 10.6 Å². The Bertz CT molecular complexity index is 307. The smallest absolute Gasteiger partial charge is 0.233 e. The van der Waals surface area contributed by atoms with Crippen molar-refractivity contribution in [3.8, 4) is 0 Å². The molecule has 1 aromatic heterocycles. The third kappa shape index (κ3) is 6.79. The molecule has 0 saturated heterocycles. The quantitative estimate of drug-likeness (QED) is 0.676. The van der Waals surface area contributed by atoms with Gasteiger partial charge in [-0.2, -0.15) is 0 Å². The van der Waals surface area contributed by atoms with Crippen LogP contribution in [0.4, 0.5) is 0 Å². The highest BCUT2D eigenvalue weighted by Crippen LogP contribution is 1.99. The van der Waals surface area contributed by atoms with E-state index in [0.717, 1.165) is 31.7 Å². The molecule has 0 bridgehead atoms.